The maximum Gasteiger partial charge on any atom is 0.0726 e. The van der Waals surface area contributed by atoms with Crippen molar-refractivity contribution in [3.05, 3.63) is 216 Å². The summed E-state index contributed by atoms with van der Waals surface area (Å²) in [5.41, 5.74) is 17.5. The third-order valence-electron chi connectivity index (χ3n) is 12.7. The van der Waals surface area contributed by atoms with Crippen molar-refractivity contribution in [3.63, 3.8) is 0 Å². The van der Waals surface area contributed by atoms with Gasteiger partial charge in [-0.2, -0.15) is 0 Å². The molecule has 0 saturated heterocycles. The van der Waals surface area contributed by atoms with Crippen molar-refractivity contribution >= 4 is 54.4 Å². The van der Waals surface area contributed by atoms with Crippen molar-refractivity contribution in [2.24, 2.45) is 0 Å². The number of benzene rings is 9. The predicted molar refractivity (Wildman–Crippen MR) is 229 cm³/mol. The van der Waals surface area contributed by atoms with Crippen molar-refractivity contribution in [1.29, 1.82) is 0 Å². The minimum Gasteiger partial charge on any atom is -0.309 e. The van der Waals surface area contributed by atoms with Gasteiger partial charge in [0.25, 0.3) is 0 Å². The highest BCUT2D eigenvalue weighted by molar-refractivity contribution is 6.23. The van der Waals surface area contributed by atoms with E-state index in [2.05, 4.69) is 203 Å². The molecule has 0 bridgehead atoms. The smallest absolute Gasteiger partial charge is 0.0726 e. The lowest BCUT2D eigenvalue weighted by molar-refractivity contribution is 0.792. The van der Waals surface area contributed by atoms with Gasteiger partial charge in [0, 0.05) is 38.3 Å². The van der Waals surface area contributed by atoms with E-state index in [0.717, 1.165) is 5.69 Å². The molecule has 2 aliphatic carbocycles. The normalized spacial score (nSPS) is 13.6. The fraction of sp³-hybridized carbons (Fsp3) is 0.0189. The van der Waals surface area contributed by atoms with Crippen LogP contribution in [0.4, 0.5) is 0 Å². The molecule has 2 nitrogen and oxygen atoms in total. The Balaban J connectivity index is 1.16. The van der Waals surface area contributed by atoms with E-state index >= 15 is 0 Å². The van der Waals surface area contributed by atoms with E-state index in [1.54, 1.807) is 0 Å². The molecule has 0 N–H and O–H groups in total. The molecule has 9 aromatic carbocycles. The van der Waals surface area contributed by atoms with Crippen LogP contribution in [0.3, 0.4) is 0 Å². The summed E-state index contributed by atoms with van der Waals surface area (Å²) in [5.74, 6) is 0. The number of para-hydroxylation sites is 2. The molecule has 254 valence electrons. The van der Waals surface area contributed by atoms with Crippen molar-refractivity contribution in [2.75, 3.05) is 0 Å². The van der Waals surface area contributed by atoms with Gasteiger partial charge in [0.2, 0.25) is 0 Å². The molecule has 13 rings (SSSR count). The molecule has 55 heavy (non-hydrogen) atoms. The van der Waals surface area contributed by atoms with E-state index in [4.69, 9.17) is 0 Å². The van der Waals surface area contributed by atoms with E-state index in [1.165, 1.54) is 105 Å². The number of fused-ring (bicyclic) bond motifs is 18. The molecule has 0 atom stereocenters. The zero-order valence-electron chi connectivity index (χ0n) is 29.9. The van der Waals surface area contributed by atoms with E-state index in [9.17, 15) is 0 Å². The van der Waals surface area contributed by atoms with Crippen LogP contribution in [0.15, 0.2) is 194 Å². The standard InChI is InChI=1S/C53H32N2/c1-2-15-34(16-3-1)55-51-32-50-43(31-44(51)42-28-26-33-14-4-5-17-36(33)52(42)55)41-21-9-13-25-49(41)54(50)35-27-29-40-39-20-8-12-24-47(39)53(48(40)30-35)45-22-10-6-18-37(45)38-19-7-11-23-46(38)53/h1-32H. The van der Waals surface area contributed by atoms with Gasteiger partial charge in [-0.1, -0.05) is 152 Å². The number of rotatable bonds is 2. The van der Waals surface area contributed by atoms with Crippen molar-refractivity contribution in [3.8, 4) is 33.6 Å². The lowest BCUT2D eigenvalue weighted by atomic mass is 9.70. The van der Waals surface area contributed by atoms with Crippen LogP contribution in [-0.2, 0) is 5.41 Å². The summed E-state index contributed by atoms with van der Waals surface area (Å²) in [6.07, 6.45) is 0. The molecule has 2 aliphatic rings. The van der Waals surface area contributed by atoms with Crippen molar-refractivity contribution in [2.45, 2.75) is 5.41 Å². The van der Waals surface area contributed by atoms with Crippen LogP contribution < -0.4 is 0 Å². The second kappa shape index (κ2) is 10.5. The van der Waals surface area contributed by atoms with Gasteiger partial charge in [0.1, 0.15) is 0 Å². The van der Waals surface area contributed by atoms with Crippen LogP contribution in [0.2, 0.25) is 0 Å². The maximum atomic E-state index is 2.51. The monoisotopic (exact) mass is 696 g/mol. The van der Waals surface area contributed by atoms with E-state index in [0.29, 0.717) is 0 Å². The van der Waals surface area contributed by atoms with Crippen LogP contribution in [0.25, 0.3) is 88.0 Å². The Morgan fingerprint density at radius 2 is 0.855 bits per heavy atom. The van der Waals surface area contributed by atoms with Gasteiger partial charge in [-0.15, -0.1) is 0 Å². The summed E-state index contributed by atoms with van der Waals surface area (Å²) in [4.78, 5) is 0. The summed E-state index contributed by atoms with van der Waals surface area (Å²) in [6, 6.07) is 72.5. The zero-order chi connectivity index (χ0) is 35.8. The van der Waals surface area contributed by atoms with Crippen LogP contribution in [0.1, 0.15) is 22.3 Å². The van der Waals surface area contributed by atoms with Crippen LogP contribution in [-0.4, -0.2) is 9.13 Å². The fourth-order valence-electron chi connectivity index (χ4n) is 10.6. The Kier molecular flexibility index (Phi) is 5.59. The SMILES string of the molecule is c1ccc(-n2c3cc4c(cc3c3ccc5ccccc5c32)c2ccccc2n4-c2ccc3c(c2)C2(c4ccccc4-c4ccccc42)c2ccccc2-3)cc1. The van der Waals surface area contributed by atoms with E-state index in [1.807, 2.05) is 0 Å². The Hall–Kier alpha value is -7.16. The lowest BCUT2D eigenvalue weighted by Crippen LogP contribution is -2.26. The van der Waals surface area contributed by atoms with Gasteiger partial charge < -0.3 is 9.13 Å². The van der Waals surface area contributed by atoms with Gasteiger partial charge in [-0.25, -0.2) is 0 Å². The summed E-state index contributed by atoms with van der Waals surface area (Å²) in [5, 5.41) is 7.57. The number of aromatic nitrogens is 2. The first-order chi connectivity index (χ1) is 27.3. The second-order valence-electron chi connectivity index (χ2n) is 15.2. The van der Waals surface area contributed by atoms with Gasteiger partial charge in [0.15, 0.2) is 0 Å². The highest BCUT2D eigenvalue weighted by Crippen LogP contribution is 2.63. The molecule has 11 aromatic rings. The predicted octanol–water partition coefficient (Wildman–Crippen LogP) is 13.4. The third kappa shape index (κ3) is 3.60. The summed E-state index contributed by atoms with van der Waals surface area (Å²) in [6.45, 7) is 0. The molecular weight excluding hydrogens is 665 g/mol. The van der Waals surface area contributed by atoms with E-state index in [-0.39, 0.29) is 0 Å². The Morgan fingerprint density at radius 1 is 0.291 bits per heavy atom. The average molecular weight is 697 g/mol. The van der Waals surface area contributed by atoms with Gasteiger partial charge in [0.05, 0.1) is 27.5 Å². The number of hydrogen-bond donors (Lipinski definition) is 0. The molecule has 0 unspecified atom stereocenters. The molecule has 0 amide bonds. The molecule has 0 radical (unpaired) electrons. The molecule has 0 saturated carbocycles. The first-order valence-electron chi connectivity index (χ1n) is 19.2. The van der Waals surface area contributed by atoms with Gasteiger partial charge in [-0.05, 0) is 92.4 Å². The average Bonchev–Trinajstić information content (AvgIpc) is 3.95. The van der Waals surface area contributed by atoms with Crippen LogP contribution >= 0.6 is 0 Å². The third-order valence-corrected chi connectivity index (χ3v) is 12.7. The molecular formula is C53H32N2. The maximum absolute atomic E-state index is 2.51. The van der Waals surface area contributed by atoms with Gasteiger partial charge >= 0.3 is 0 Å². The quantitative estimate of drug-likeness (QED) is 0.170. The van der Waals surface area contributed by atoms with E-state index < -0.39 is 5.41 Å². The largest absolute Gasteiger partial charge is 0.309 e. The number of nitrogens with zero attached hydrogens (tertiary/aromatic N) is 2. The van der Waals surface area contributed by atoms with Crippen molar-refractivity contribution < 1.29 is 0 Å². The first kappa shape index (κ1) is 29.3. The lowest BCUT2D eigenvalue weighted by Gasteiger charge is -2.30. The highest BCUT2D eigenvalue weighted by atomic mass is 15.0. The van der Waals surface area contributed by atoms with Crippen LogP contribution in [0.5, 0.6) is 0 Å². The molecule has 0 aliphatic heterocycles. The minimum absolute atomic E-state index is 0.401. The Morgan fingerprint density at radius 3 is 1.58 bits per heavy atom. The summed E-state index contributed by atoms with van der Waals surface area (Å²) >= 11 is 0. The fourth-order valence-corrected chi connectivity index (χ4v) is 10.6. The van der Waals surface area contributed by atoms with Crippen LogP contribution in [0, 0.1) is 0 Å². The molecule has 2 heterocycles. The molecule has 0 fully saturated rings. The Bertz CT molecular complexity index is 3370. The van der Waals surface area contributed by atoms with Gasteiger partial charge in [-0.3, -0.25) is 0 Å². The number of hydrogen-bond acceptors (Lipinski definition) is 0. The molecule has 2 heteroatoms. The summed E-state index contributed by atoms with van der Waals surface area (Å²) < 4.78 is 4.99. The minimum atomic E-state index is -0.401. The first-order valence-corrected chi connectivity index (χ1v) is 19.2. The highest BCUT2D eigenvalue weighted by Gasteiger charge is 2.51. The topological polar surface area (TPSA) is 9.86 Å². The Labute approximate surface area is 317 Å². The van der Waals surface area contributed by atoms with Crippen molar-refractivity contribution in [1.82, 2.24) is 9.13 Å². The molecule has 2 aromatic heterocycles. The zero-order valence-corrected chi connectivity index (χ0v) is 29.9. The summed E-state index contributed by atoms with van der Waals surface area (Å²) in [7, 11) is 0. The second-order valence-corrected chi connectivity index (χ2v) is 15.2. The molecule has 1 spiro atoms.